The SMILES string of the molecule is CC(C)Oc1cc(-c2ccc(OCCNC[C@H](O)c3ccc(N)cc3)cc2)ccc1C(=O)O. The number of carboxylic acid groups (broad SMARTS) is 1. The lowest BCUT2D eigenvalue weighted by Crippen LogP contribution is -2.26. The first-order valence-corrected chi connectivity index (χ1v) is 10.8. The fraction of sp³-hybridized carbons (Fsp3) is 0.269. The number of nitrogen functional groups attached to an aromatic ring is 1. The number of hydrogen-bond acceptors (Lipinski definition) is 6. The highest BCUT2D eigenvalue weighted by Crippen LogP contribution is 2.29. The van der Waals surface area contributed by atoms with E-state index in [4.69, 9.17) is 15.2 Å². The van der Waals surface area contributed by atoms with E-state index in [1.165, 1.54) is 0 Å². The number of rotatable bonds is 11. The first-order chi connectivity index (χ1) is 15.8. The maximum atomic E-state index is 11.4. The summed E-state index contributed by atoms with van der Waals surface area (Å²) >= 11 is 0. The van der Waals surface area contributed by atoms with Crippen LogP contribution in [0, 0.1) is 0 Å². The molecular formula is C26H30N2O5. The number of carbonyl (C=O) groups is 1. The van der Waals surface area contributed by atoms with E-state index in [2.05, 4.69) is 5.32 Å². The Balaban J connectivity index is 1.51. The van der Waals surface area contributed by atoms with Gasteiger partial charge in [-0.05, 0) is 66.9 Å². The maximum Gasteiger partial charge on any atom is 0.339 e. The molecule has 7 nitrogen and oxygen atoms in total. The van der Waals surface area contributed by atoms with E-state index in [1.807, 2.05) is 50.2 Å². The smallest absolute Gasteiger partial charge is 0.339 e. The molecule has 7 heteroatoms. The highest BCUT2D eigenvalue weighted by atomic mass is 16.5. The zero-order chi connectivity index (χ0) is 23.8. The summed E-state index contributed by atoms with van der Waals surface area (Å²) in [6.07, 6.45) is -0.739. The third-order valence-corrected chi connectivity index (χ3v) is 4.97. The third-order valence-electron chi connectivity index (χ3n) is 4.97. The van der Waals surface area contributed by atoms with Crippen LogP contribution in [0.4, 0.5) is 5.69 Å². The lowest BCUT2D eigenvalue weighted by atomic mass is 10.0. The summed E-state index contributed by atoms with van der Waals surface area (Å²) in [5.41, 5.74) is 9.07. The summed E-state index contributed by atoms with van der Waals surface area (Å²) in [5, 5.41) is 22.7. The Morgan fingerprint density at radius 3 is 2.30 bits per heavy atom. The Hall–Kier alpha value is -3.55. The average Bonchev–Trinajstić information content (AvgIpc) is 2.79. The second-order valence-corrected chi connectivity index (χ2v) is 7.94. The van der Waals surface area contributed by atoms with Gasteiger partial charge in [0.25, 0.3) is 0 Å². The molecule has 3 aromatic carbocycles. The minimum atomic E-state index is -1.02. The van der Waals surface area contributed by atoms with Gasteiger partial charge in [-0.25, -0.2) is 4.79 Å². The van der Waals surface area contributed by atoms with E-state index in [-0.39, 0.29) is 11.7 Å². The summed E-state index contributed by atoms with van der Waals surface area (Å²) in [6.45, 7) is 5.17. The van der Waals surface area contributed by atoms with Gasteiger partial charge in [-0.1, -0.05) is 30.3 Å². The molecule has 3 aromatic rings. The minimum Gasteiger partial charge on any atom is -0.492 e. The summed E-state index contributed by atoms with van der Waals surface area (Å²) in [7, 11) is 0. The van der Waals surface area contributed by atoms with Crippen molar-refractivity contribution < 1.29 is 24.5 Å². The molecule has 5 N–H and O–H groups in total. The van der Waals surface area contributed by atoms with Crippen LogP contribution >= 0.6 is 0 Å². The molecule has 0 amide bonds. The molecule has 0 saturated heterocycles. The van der Waals surface area contributed by atoms with Crippen molar-refractivity contribution in [2.45, 2.75) is 26.1 Å². The molecule has 0 heterocycles. The second-order valence-electron chi connectivity index (χ2n) is 7.94. The Labute approximate surface area is 193 Å². The van der Waals surface area contributed by atoms with Crippen molar-refractivity contribution in [2.24, 2.45) is 0 Å². The lowest BCUT2D eigenvalue weighted by molar-refractivity contribution is 0.0690. The van der Waals surface area contributed by atoms with Crippen LogP contribution in [0.3, 0.4) is 0 Å². The van der Waals surface area contributed by atoms with Gasteiger partial charge in [0.05, 0.1) is 12.2 Å². The largest absolute Gasteiger partial charge is 0.492 e. The van der Waals surface area contributed by atoms with Crippen LogP contribution in [0.1, 0.15) is 35.9 Å². The van der Waals surface area contributed by atoms with Crippen molar-refractivity contribution >= 4 is 11.7 Å². The Morgan fingerprint density at radius 2 is 1.67 bits per heavy atom. The van der Waals surface area contributed by atoms with Crippen molar-refractivity contribution in [2.75, 3.05) is 25.4 Å². The topological polar surface area (TPSA) is 114 Å². The minimum absolute atomic E-state index is 0.129. The number of nitrogens with two attached hydrogens (primary N) is 1. The highest BCUT2D eigenvalue weighted by molar-refractivity contribution is 5.92. The predicted octanol–water partition coefficient (Wildman–Crippen LogP) is 4.12. The zero-order valence-corrected chi connectivity index (χ0v) is 18.8. The van der Waals surface area contributed by atoms with Gasteiger partial charge in [-0.15, -0.1) is 0 Å². The number of hydrogen-bond donors (Lipinski definition) is 4. The molecule has 0 bridgehead atoms. The van der Waals surface area contributed by atoms with Crippen molar-refractivity contribution in [1.29, 1.82) is 0 Å². The monoisotopic (exact) mass is 450 g/mol. The number of carboxylic acids is 1. The van der Waals surface area contributed by atoms with Crippen molar-refractivity contribution in [3.8, 4) is 22.6 Å². The highest BCUT2D eigenvalue weighted by Gasteiger charge is 2.14. The van der Waals surface area contributed by atoms with Crippen molar-refractivity contribution in [1.82, 2.24) is 5.32 Å². The second kappa shape index (κ2) is 11.4. The molecule has 174 valence electrons. The van der Waals surface area contributed by atoms with Crippen LogP contribution in [-0.2, 0) is 0 Å². The van der Waals surface area contributed by atoms with Gasteiger partial charge in [0, 0.05) is 18.8 Å². The molecule has 0 aromatic heterocycles. The molecule has 0 unspecified atom stereocenters. The molecule has 0 aliphatic rings. The molecule has 0 saturated carbocycles. The van der Waals surface area contributed by atoms with Crippen LogP contribution in [0.15, 0.2) is 66.7 Å². The Kier molecular flexibility index (Phi) is 8.29. The van der Waals surface area contributed by atoms with E-state index in [1.54, 1.807) is 30.3 Å². The normalized spacial score (nSPS) is 11.9. The molecule has 0 radical (unpaired) electrons. The Morgan fingerprint density at radius 1 is 1.00 bits per heavy atom. The van der Waals surface area contributed by atoms with E-state index in [0.717, 1.165) is 22.4 Å². The van der Waals surface area contributed by atoms with Gasteiger partial charge < -0.3 is 30.7 Å². The molecule has 1 atom stereocenters. The van der Waals surface area contributed by atoms with Crippen LogP contribution in [0.5, 0.6) is 11.5 Å². The quantitative estimate of drug-likeness (QED) is 0.257. The van der Waals surface area contributed by atoms with E-state index < -0.39 is 12.1 Å². The van der Waals surface area contributed by atoms with Gasteiger partial charge in [0.1, 0.15) is 23.7 Å². The summed E-state index contributed by atoms with van der Waals surface area (Å²) in [4.78, 5) is 11.4. The summed E-state index contributed by atoms with van der Waals surface area (Å²) < 4.78 is 11.4. The predicted molar refractivity (Wildman–Crippen MR) is 129 cm³/mol. The molecule has 3 rings (SSSR count). The average molecular weight is 451 g/mol. The number of ether oxygens (including phenoxy) is 2. The van der Waals surface area contributed by atoms with Crippen LogP contribution in [-0.4, -0.2) is 42.0 Å². The van der Waals surface area contributed by atoms with Crippen LogP contribution in [0.2, 0.25) is 0 Å². The molecule has 33 heavy (non-hydrogen) atoms. The molecule has 0 fully saturated rings. The molecule has 0 spiro atoms. The maximum absolute atomic E-state index is 11.4. The van der Waals surface area contributed by atoms with Gasteiger partial charge in [-0.2, -0.15) is 0 Å². The standard InChI is InChI=1S/C26H30N2O5/c1-17(2)33-25-15-20(7-12-23(25)26(30)31)18-5-10-22(11-6-18)32-14-13-28-16-24(29)19-3-8-21(27)9-4-19/h3-12,15,17,24,28-29H,13-14,16,27H2,1-2H3,(H,30,31)/t24-/m0/s1. The number of aliphatic hydroxyl groups excluding tert-OH is 1. The van der Waals surface area contributed by atoms with Gasteiger partial charge in [0.15, 0.2) is 0 Å². The lowest BCUT2D eigenvalue weighted by Gasteiger charge is -2.14. The summed E-state index contributed by atoms with van der Waals surface area (Å²) in [5.74, 6) is 0.0542. The van der Waals surface area contributed by atoms with E-state index in [0.29, 0.717) is 31.1 Å². The van der Waals surface area contributed by atoms with E-state index in [9.17, 15) is 15.0 Å². The zero-order valence-electron chi connectivity index (χ0n) is 18.8. The fourth-order valence-electron chi connectivity index (χ4n) is 3.29. The Bertz CT molecular complexity index is 1050. The first-order valence-electron chi connectivity index (χ1n) is 10.8. The van der Waals surface area contributed by atoms with Crippen molar-refractivity contribution in [3.63, 3.8) is 0 Å². The number of benzene rings is 3. The molecule has 0 aliphatic carbocycles. The third kappa shape index (κ3) is 6.97. The van der Waals surface area contributed by atoms with Gasteiger partial charge in [0.2, 0.25) is 0 Å². The van der Waals surface area contributed by atoms with Crippen LogP contribution in [0.25, 0.3) is 11.1 Å². The summed E-state index contributed by atoms with van der Waals surface area (Å²) in [6, 6.07) is 19.8. The fourth-order valence-corrected chi connectivity index (χ4v) is 3.29. The number of aromatic carboxylic acids is 1. The van der Waals surface area contributed by atoms with Gasteiger partial charge in [-0.3, -0.25) is 0 Å². The molecular weight excluding hydrogens is 420 g/mol. The number of aliphatic hydroxyl groups is 1. The first kappa shape index (κ1) is 24.1. The van der Waals surface area contributed by atoms with Gasteiger partial charge >= 0.3 is 5.97 Å². The van der Waals surface area contributed by atoms with Crippen LogP contribution < -0.4 is 20.5 Å². The number of nitrogens with one attached hydrogen (secondary N) is 1. The van der Waals surface area contributed by atoms with E-state index >= 15 is 0 Å². The van der Waals surface area contributed by atoms with Crippen molar-refractivity contribution in [3.05, 3.63) is 77.9 Å². The number of anilines is 1. The molecule has 0 aliphatic heterocycles.